The molecule has 0 radical (unpaired) electrons. The predicted octanol–water partition coefficient (Wildman–Crippen LogP) is 2.06. The summed E-state index contributed by atoms with van der Waals surface area (Å²) in [5, 5.41) is 11.7. The summed E-state index contributed by atoms with van der Waals surface area (Å²) >= 11 is 0. The fraction of sp³-hybridized carbons (Fsp3) is 0.533. The van der Waals surface area contributed by atoms with Crippen molar-refractivity contribution in [3.8, 4) is 0 Å². The predicted molar refractivity (Wildman–Crippen MR) is 80.2 cm³/mol. The van der Waals surface area contributed by atoms with Crippen LogP contribution in [0.4, 0.5) is 5.69 Å². The van der Waals surface area contributed by atoms with Crippen LogP contribution in [0.1, 0.15) is 19.3 Å². The molecule has 1 aliphatic heterocycles. The summed E-state index contributed by atoms with van der Waals surface area (Å²) in [6.07, 6.45) is 2.77. The Balaban J connectivity index is 1.99. The number of nitrogens with zero attached hydrogens (tertiary/aromatic N) is 2. The summed E-state index contributed by atoms with van der Waals surface area (Å²) in [5.41, 5.74) is 6.77. The van der Waals surface area contributed by atoms with Gasteiger partial charge in [-0.05, 0) is 30.9 Å². The van der Waals surface area contributed by atoms with Crippen LogP contribution < -0.4 is 10.6 Å². The van der Waals surface area contributed by atoms with Crippen LogP contribution in [0.5, 0.6) is 0 Å². The Morgan fingerprint density at radius 3 is 2.65 bits per heavy atom. The van der Waals surface area contributed by atoms with Gasteiger partial charge in [0.15, 0.2) is 0 Å². The van der Waals surface area contributed by atoms with E-state index in [1.54, 1.807) is 0 Å². The third-order valence-electron chi connectivity index (χ3n) is 3.71. The first-order valence-corrected chi connectivity index (χ1v) is 7.13. The number of nitrogens with two attached hydrogens (primary N) is 1. The molecular formula is C15H23N3O2. The first-order chi connectivity index (χ1) is 9.79. The summed E-state index contributed by atoms with van der Waals surface area (Å²) in [6.45, 7) is 3.46. The van der Waals surface area contributed by atoms with Crippen molar-refractivity contribution < 1.29 is 9.94 Å². The molecule has 0 unspecified atom stereocenters. The number of rotatable bonds is 6. The Morgan fingerprint density at radius 2 is 2.00 bits per heavy atom. The first-order valence-electron chi connectivity index (χ1n) is 7.13. The average Bonchev–Trinajstić information content (AvgIpc) is 2.53. The number of hydrogen-bond acceptors (Lipinski definition) is 4. The van der Waals surface area contributed by atoms with Crippen molar-refractivity contribution in [2.24, 2.45) is 16.8 Å². The average molecular weight is 277 g/mol. The van der Waals surface area contributed by atoms with E-state index < -0.39 is 0 Å². The van der Waals surface area contributed by atoms with E-state index in [1.807, 2.05) is 18.2 Å². The quantitative estimate of drug-likeness (QED) is 0.361. The minimum atomic E-state index is 0.276. The lowest BCUT2D eigenvalue weighted by molar-refractivity contribution is 0.0682. The molecular weight excluding hydrogens is 254 g/mol. The van der Waals surface area contributed by atoms with Crippen LogP contribution in [0.2, 0.25) is 0 Å². The van der Waals surface area contributed by atoms with Gasteiger partial charge in [-0.2, -0.15) is 0 Å². The molecule has 1 heterocycles. The molecule has 3 N–H and O–H groups in total. The van der Waals surface area contributed by atoms with Crippen molar-refractivity contribution in [3.05, 3.63) is 30.3 Å². The van der Waals surface area contributed by atoms with Crippen molar-refractivity contribution >= 4 is 11.5 Å². The lowest BCUT2D eigenvalue weighted by Gasteiger charge is -2.31. The standard InChI is InChI=1S/C15H23N3O2/c16-15(17-19)6-9-18(14-4-2-1-3-5-14)12-13-7-10-20-11-8-13/h1-5,13,19H,6-12H2,(H2,16,17). The molecule has 0 aliphatic carbocycles. The van der Waals surface area contributed by atoms with E-state index >= 15 is 0 Å². The maximum absolute atomic E-state index is 8.67. The van der Waals surface area contributed by atoms with Gasteiger partial charge in [0.2, 0.25) is 0 Å². The van der Waals surface area contributed by atoms with Crippen LogP contribution in [-0.2, 0) is 4.74 Å². The Morgan fingerprint density at radius 1 is 1.30 bits per heavy atom. The van der Waals surface area contributed by atoms with Gasteiger partial charge in [-0.1, -0.05) is 23.4 Å². The van der Waals surface area contributed by atoms with Crippen molar-refractivity contribution in [1.29, 1.82) is 0 Å². The smallest absolute Gasteiger partial charge is 0.140 e. The van der Waals surface area contributed by atoms with Crippen LogP contribution >= 0.6 is 0 Å². The van der Waals surface area contributed by atoms with E-state index in [2.05, 4.69) is 22.2 Å². The molecule has 0 aromatic heterocycles. The van der Waals surface area contributed by atoms with Crippen LogP contribution in [0, 0.1) is 5.92 Å². The molecule has 1 fully saturated rings. The van der Waals surface area contributed by atoms with Gasteiger partial charge >= 0.3 is 0 Å². The zero-order valence-corrected chi connectivity index (χ0v) is 11.7. The summed E-state index contributed by atoms with van der Waals surface area (Å²) in [7, 11) is 0. The van der Waals surface area contributed by atoms with Crippen LogP contribution in [0.25, 0.3) is 0 Å². The molecule has 5 heteroatoms. The molecule has 5 nitrogen and oxygen atoms in total. The fourth-order valence-corrected chi connectivity index (χ4v) is 2.50. The van der Waals surface area contributed by atoms with Gasteiger partial charge in [0, 0.05) is 38.4 Å². The molecule has 1 aromatic rings. The third-order valence-corrected chi connectivity index (χ3v) is 3.71. The SMILES string of the molecule is NC(CCN(CC1CCOCC1)c1ccccc1)=NO. The largest absolute Gasteiger partial charge is 0.409 e. The van der Waals surface area contributed by atoms with Crippen LogP contribution in [0.15, 0.2) is 35.5 Å². The van der Waals surface area contributed by atoms with E-state index in [4.69, 9.17) is 15.7 Å². The summed E-state index contributed by atoms with van der Waals surface area (Å²) in [6, 6.07) is 10.3. The van der Waals surface area contributed by atoms with E-state index in [9.17, 15) is 0 Å². The van der Waals surface area contributed by atoms with Crippen LogP contribution in [-0.4, -0.2) is 37.3 Å². The third kappa shape index (κ3) is 4.42. The van der Waals surface area contributed by atoms with E-state index in [0.29, 0.717) is 12.3 Å². The number of oxime groups is 1. The Hall–Kier alpha value is -1.75. The number of amidine groups is 1. The molecule has 110 valence electrons. The highest BCUT2D eigenvalue weighted by atomic mass is 16.5. The fourth-order valence-electron chi connectivity index (χ4n) is 2.50. The minimum Gasteiger partial charge on any atom is -0.409 e. The lowest BCUT2D eigenvalue weighted by atomic mass is 9.99. The molecule has 1 aromatic carbocycles. The first kappa shape index (κ1) is 14.7. The molecule has 1 saturated heterocycles. The number of para-hydroxylation sites is 1. The number of ether oxygens (including phenoxy) is 1. The molecule has 0 spiro atoms. The maximum Gasteiger partial charge on any atom is 0.140 e. The monoisotopic (exact) mass is 277 g/mol. The van der Waals surface area contributed by atoms with Crippen molar-refractivity contribution in [2.75, 3.05) is 31.2 Å². The second-order valence-corrected chi connectivity index (χ2v) is 5.18. The van der Waals surface area contributed by atoms with Crippen molar-refractivity contribution in [3.63, 3.8) is 0 Å². The van der Waals surface area contributed by atoms with Gasteiger partial charge < -0.3 is 20.6 Å². The molecule has 0 saturated carbocycles. The van der Waals surface area contributed by atoms with Crippen LogP contribution in [0.3, 0.4) is 0 Å². The summed E-state index contributed by atoms with van der Waals surface area (Å²) in [5.74, 6) is 0.925. The second-order valence-electron chi connectivity index (χ2n) is 5.18. The van der Waals surface area contributed by atoms with E-state index in [-0.39, 0.29) is 5.84 Å². The van der Waals surface area contributed by atoms with Gasteiger partial charge in [-0.25, -0.2) is 0 Å². The number of benzene rings is 1. The van der Waals surface area contributed by atoms with E-state index in [1.165, 1.54) is 5.69 Å². The van der Waals surface area contributed by atoms with Gasteiger partial charge in [0.25, 0.3) is 0 Å². The van der Waals surface area contributed by atoms with Crippen molar-refractivity contribution in [1.82, 2.24) is 0 Å². The van der Waals surface area contributed by atoms with E-state index in [0.717, 1.165) is 39.1 Å². The molecule has 0 atom stereocenters. The molecule has 0 bridgehead atoms. The zero-order chi connectivity index (χ0) is 14.2. The summed E-state index contributed by atoms with van der Waals surface area (Å²) < 4.78 is 5.41. The minimum absolute atomic E-state index is 0.276. The zero-order valence-electron chi connectivity index (χ0n) is 11.7. The van der Waals surface area contributed by atoms with Gasteiger partial charge in [0.1, 0.15) is 5.84 Å². The molecule has 1 aliphatic rings. The Bertz CT molecular complexity index is 416. The topological polar surface area (TPSA) is 71.1 Å². The maximum atomic E-state index is 8.67. The Kier molecular flexibility index (Phi) is 5.68. The molecule has 2 rings (SSSR count). The lowest BCUT2D eigenvalue weighted by Crippen LogP contribution is -2.34. The second kappa shape index (κ2) is 7.75. The van der Waals surface area contributed by atoms with Gasteiger partial charge in [-0.15, -0.1) is 0 Å². The highest BCUT2D eigenvalue weighted by Crippen LogP contribution is 2.21. The van der Waals surface area contributed by atoms with Gasteiger partial charge in [0.05, 0.1) is 0 Å². The molecule has 20 heavy (non-hydrogen) atoms. The normalized spacial score (nSPS) is 17.1. The number of anilines is 1. The van der Waals surface area contributed by atoms with Gasteiger partial charge in [-0.3, -0.25) is 0 Å². The number of hydrogen-bond donors (Lipinski definition) is 2. The van der Waals surface area contributed by atoms with Crippen molar-refractivity contribution in [2.45, 2.75) is 19.3 Å². The molecule has 0 amide bonds. The highest BCUT2D eigenvalue weighted by Gasteiger charge is 2.18. The highest BCUT2D eigenvalue weighted by molar-refractivity contribution is 5.80. The Labute approximate surface area is 120 Å². The summed E-state index contributed by atoms with van der Waals surface area (Å²) in [4.78, 5) is 2.31.